The molecule has 2 aromatic heterocycles. The molecule has 0 radical (unpaired) electrons. The molecule has 24 rings (SSSR count). The number of anilines is 6. The van der Waals surface area contributed by atoms with Gasteiger partial charge < -0.3 is 18.9 Å². The van der Waals surface area contributed by atoms with Gasteiger partial charge in [0.15, 0.2) is 0 Å². The number of fused-ring (bicyclic) bond motifs is 22. The van der Waals surface area contributed by atoms with Crippen LogP contribution in [0.25, 0.3) is 133 Å². The molecule has 0 saturated carbocycles. The van der Waals surface area contributed by atoms with Crippen molar-refractivity contribution in [2.45, 2.75) is 43.9 Å². The topological polar surface area (TPSA) is 16.3 Å². The zero-order valence-corrected chi connectivity index (χ0v) is 66.7. The van der Waals surface area contributed by atoms with E-state index in [1.54, 1.807) is 0 Å². The van der Waals surface area contributed by atoms with Crippen LogP contribution in [-0.4, -0.2) is 9.13 Å². The van der Waals surface area contributed by atoms with E-state index in [-0.39, 0.29) is 10.8 Å². The molecule has 0 amide bonds. The minimum atomic E-state index is -0.426. The standard InChI is InChI=1S/C61H40N2.C54H42N2/c1-3-15-41(16-4-1)42-27-32-46(33-28-42)62(47-34-29-43(30-35-47)44-31-38-60-54(39-44)53-22-10-14-26-59(53)63(60)45-17-5-2-6-18-45)48-36-37-52-51-21-9-13-25-57(51)61(58(52)40-48)55-23-11-7-19-49(55)50-20-8-12-24-56(50)61;1-53(2)47-19-11-8-16-41(47)43-29-27-39(33-49(43)53)55(40-28-30-44-42-17-9-12-20-48(42)54(3,4)50(44)34-40)38-25-22-35(23-26-38)36-24-31-52-46(32-36)45-18-10-13-21-51(45)56(52)37-14-6-5-7-15-37/h1-40H;5-34H,1-4H3. The Morgan fingerprint density at radius 3 is 0.832 bits per heavy atom. The van der Waals surface area contributed by atoms with Gasteiger partial charge in [0.2, 0.25) is 0 Å². The first-order valence-corrected chi connectivity index (χ1v) is 41.6. The number of hydrogen-bond donors (Lipinski definition) is 0. The summed E-state index contributed by atoms with van der Waals surface area (Å²) in [6.07, 6.45) is 0. The molecule has 4 aliphatic rings. The van der Waals surface area contributed by atoms with E-state index in [2.05, 4.69) is 471 Å². The van der Waals surface area contributed by atoms with E-state index in [9.17, 15) is 0 Å². The van der Waals surface area contributed by atoms with Gasteiger partial charge in [0.1, 0.15) is 0 Å². The molecule has 119 heavy (non-hydrogen) atoms. The van der Waals surface area contributed by atoms with Gasteiger partial charge in [-0.05, 0) is 256 Å². The minimum absolute atomic E-state index is 0.0959. The second-order valence-electron chi connectivity index (χ2n) is 33.4. The highest BCUT2D eigenvalue weighted by Crippen LogP contribution is 2.64. The summed E-state index contributed by atoms with van der Waals surface area (Å²) in [6.45, 7) is 9.46. The van der Waals surface area contributed by atoms with Gasteiger partial charge in [-0.1, -0.05) is 319 Å². The predicted molar refractivity (Wildman–Crippen MR) is 499 cm³/mol. The monoisotopic (exact) mass is 1520 g/mol. The maximum atomic E-state index is 2.48. The van der Waals surface area contributed by atoms with E-state index < -0.39 is 5.41 Å². The van der Waals surface area contributed by atoms with Gasteiger partial charge in [-0.3, -0.25) is 0 Å². The first-order valence-electron chi connectivity index (χ1n) is 41.6. The molecule has 0 saturated heterocycles. The van der Waals surface area contributed by atoms with Crippen LogP contribution >= 0.6 is 0 Å². The third kappa shape index (κ3) is 10.8. The minimum Gasteiger partial charge on any atom is -0.310 e. The number of aromatic nitrogens is 2. The Labute approximate surface area is 694 Å². The van der Waals surface area contributed by atoms with Gasteiger partial charge in [-0.2, -0.15) is 0 Å². The molecule has 20 aromatic rings. The van der Waals surface area contributed by atoms with Gasteiger partial charge in [0.05, 0.1) is 27.5 Å². The summed E-state index contributed by atoms with van der Waals surface area (Å²) in [5.41, 5.74) is 42.0. The zero-order chi connectivity index (χ0) is 79.2. The largest absolute Gasteiger partial charge is 0.310 e. The molecular weight excluding hydrogens is 1440 g/mol. The highest BCUT2D eigenvalue weighted by atomic mass is 15.1. The zero-order valence-electron chi connectivity index (χ0n) is 66.7. The first kappa shape index (κ1) is 69.6. The molecule has 0 bridgehead atoms. The Bertz CT molecular complexity index is 7280. The fourth-order valence-electron chi connectivity index (χ4n) is 20.8. The molecule has 4 nitrogen and oxygen atoms in total. The van der Waals surface area contributed by atoms with Crippen LogP contribution in [0.2, 0.25) is 0 Å². The van der Waals surface area contributed by atoms with Crippen LogP contribution in [0.4, 0.5) is 34.1 Å². The highest BCUT2D eigenvalue weighted by molar-refractivity contribution is 6.12. The summed E-state index contributed by atoms with van der Waals surface area (Å²) >= 11 is 0. The summed E-state index contributed by atoms with van der Waals surface area (Å²) in [5.74, 6) is 0. The van der Waals surface area contributed by atoms with Crippen LogP contribution in [0.5, 0.6) is 0 Å². The van der Waals surface area contributed by atoms with E-state index >= 15 is 0 Å². The Morgan fingerprint density at radius 1 is 0.176 bits per heavy atom. The van der Waals surface area contributed by atoms with Crippen molar-refractivity contribution in [3.05, 3.63) is 469 Å². The second-order valence-corrected chi connectivity index (χ2v) is 33.4. The second kappa shape index (κ2) is 27.1. The van der Waals surface area contributed by atoms with Crippen molar-refractivity contribution in [2.75, 3.05) is 9.80 Å². The maximum absolute atomic E-state index is 2.48. The average molecular weight is 1520 g/mol. The number of hydrogen-bond acceptors (Lipinski definition) is 2. The molecule has 1 spiro atoms. The van der Waals surface area contributed by atoms with Crippen molar-refractivity contribution in [3.63, 3.8) is 0 Å². The Hall–Kier alpha value is -14.8. The van der Waals surface area contributed by atoms with E-state index in [1.165, 1.54) is 189 Å². The Morgan fingerprint density at radius 2 is 0.437 bits per heavy atom. The van der Waals surface area contributed by atoms with Gasteiger partial charge in [-0.15, -0.1) is 0 Å². The number of para-hydroxylation sites is 4. The van der Waals surface area contributed by atoms with Crippen LogP contribution in [0.15, 0.2) is 425 Å². The van der Waals surface area contributed by atoms with Crippen LogP contribution in [0.3, 0.4) is 0 Å². The van der Waals surface area contributed by atoms with Gasteiger partial charge in [0.25, 0.3) is 0 Å². The third-order valence-electron chi connectivity index (χ3n) is 26.4. The number of rotatable bonds is 11. The fourth-order valence-corrected chi connectivity index (χ4v) is 20.8. The molecule has 2 heterocycles. The molecule has 562 valence electrons. The SMILES string of the molecule is CC1(C)c2ccccc2-c2ccc(N(c3ccc(-c4ccc5c(c4)c4ccccc4n5-c4ccccc4)cc3)c3ccc4c(c3)C(C)(C)c3ccccc3-4)cc21.c1ccc(-c2ccc(N(c3ccc(-c4ccc5c(c4)c4ccccc4n5-c4ccccc4)cc3)c3ccc4c(c3)C3(c5ccccc5-c5ccccc53)c3ccccc3-4)cc2)cc1. The fraction of sp³-hybridized carbons (Fsp3) is 0.0609. The van der Waals surface area contributed by atoms with Crippen molar-refractivity contribution in [2.24, 2.45) is 0 Å². The van der Waals surface area contributed by atoms with Crippen molar-refractivity contribution in [1.29, 1.82) is 0 Å². The number of benzene rings is 18. The van der Waals surface area contributed by atoms with Crippen LogP contribution < -0.4 is 9.80 Å². The van der Waals surface area contributed by atoms with Crippen molar-refractivity contribution < 1.29 is 0 Å². The van der Waals surface area contributed by atoms with E-state index in [0.717, 1.165) is 22.7 Å². The number of nitrogens with zero attached hydrogens (tertiary/aromatic N) is 4. The molecule has 18 aromatic carbocycles. The van der Waals surface area contributed by atoms with Crippen LogP contribution in [0, 0.1) is 0 Å². The van der Waals surface area contributed by atoms with E-state index in [1.807, 2.05) is 0 Å². The van der Waals surface area contributed by atoms with E-state index in [4.69, 9.17) is 0 Å². The predicted octanol–water partition coefficient (Wildman–Crippen LogP) is 30.5. The van der Waals surface area contributed by atoms with Crippen molar-refractivity contribution >= 4 is 77.7 Å². The van der Waals surface area contributed by atoms with E-state index in [0.29, 0.717) is 0 Å². The molecule has 0 N–H and O–H groups in total. The smallest absolute Gasteiger partial charge is 0.0726 e. The third-order valence-corrected chi connectivity index (χ3v) is 26.4. The molecule has 0 unspecified atom stereocenters. The van der Waals surface area contributed by atoms with Crippen LogP contribution in [-0.2, 0) is 16.2 Å². The first-order chi connectivity index (χ1) is 58.5. The lowest BCUT2D eigenvalue weighted by Gasteiger charge is -2.32. The summed E-state index contributed by atoms with van der Waals surface area (Å²) in [7, 11) is 0. The quantitative estimate of drug-likeness (QED) is 0.128. The molecule has 0 aliphatic heterocycles. The Kier molecular flexibility index (Phi) is 15.9. The van der Waals surface area contributed by atoms with Crippen molar-refractivity contribution in [1.82, 2.24) is 9.13 Å². The molecule has 4 heteroatoms. The van der Waals surface area contributed by atoms with Crippen LogP contribution in [0.1, 0.15) is 72.2 Å². The molecular formula is C115H82N4. The maximum Gasteiger partial charge on any atom is 0.0726 e. The van der Waals surface area contributed by atoms with Gasteiger partial charge in [-0.25, -0.2) is 0 Å². The lowest BCUT2D eigenvalue weighted by molar-refractivity contribution is 0.660. The lowest BCUT2D eigenvalue weighted by atomic mass is 9.70. The van der Waals surface area contributed by atoms with Gasteiger partial charge in [0, 0.05) is 77.9 Å². The van der Waals surface area contributed by atoms with Gasteiger partial charge >= 0.3 is 0 Å². The molecule has 0 atom stereocenters. The summed E-state index contributed by atoms with van der Waals surface area (Å²) in [6, 6.07) is 157. The highest BCUT2D eigenvalue weighted by Gasteiger charge is 2.52. The molecule has 4 aliphatic carbocycles. The molecule has 0 fully saturated rings. The average Bonchev–Trinajstić information content (AvgIpc) is 1.51. The summed E-state index contributed by atoms with van der Waals surface area (Å²) in [5, 5.41) is 5.03. The van der Waals surface area contributed by atoms with Crippen molar-refractivity contribution in [3.8, 4) is 89.3 Å². The normalized spacial score (nSPS) is 13.6. The summed E-state index contributed by atoms with van der Waals surface area (Å²) < 4.78 is 4.75. The lowest BCUT2D eigenvalue weighted by Crippen LogP contribution is -2.26. The Balaban J connectivity index is 0.000000140. The summed E-state index contributed by atoms with van der Waals surface area (Å²) in [4.78, 5) is 4.89.